The third-order valence-corrected chi connectivity index (χ3v) is 2.62. The molecular formula is C8H10ClNO4S. The number of hydrogen-bond donors (Lipinski definition) is 0. The fourth-order valence-electron chi connectivity index (χ4n) is 1.03. The molecule has 0 N–H and O–H groups in total. The van der Waals surface area contributed by atoms with Gasteiger partial charge in [0.2, 0.25) is 9.05 Å². The van der Waals surface area contributed by atoms with Gasteiger partial charge in [-0.2, -0.15) is 0 Å². The van der Waals surface area contributed by atoms with Crippen molar-refractivity contribution in [3.63, 3.8) is 0 Å². The van der Waals surface area contributed by atoms with E-state index >= 15 is 0 Å². The summed E-state index contributed by atoms with van der Waals surface area (Å²) in [5.74, 6) is 0.519. The highest BCUT2D eigenvalue weighted by molar-refractivity contribution is 8.13. The Morgan fingerprint density at radius 1 is 1.33 bits per heavy atom. The molecule has 1 aromatic rings. The van der Waals surface area contributed by atoms with Gasteiger partial charge in [-0.15, -0.1) is 0 Å². The van der Waals surface area contributed by atoms with Crippen molar-refractivity contribution >= 4 is 19.7 Å². The normalized spacial score (nSPS) is 11.1. The highest BCUT2D eigenvalue weighted by Gasteiger charge is 2.11. The van der Waals surface area contributed by atoms with E-state index in [1.54, 1.807) is 0 Å². The van der Waals surface area contributed by atoms with Gasteiger partial charge >= 0.3 is 0 Å². The smallest absolute Gasteiger partial charge is 0.238 e. The van der Waals surface area contributed by atoms with E-state index in [4.69, 9.17) is 20.2 Å². The molecule has 0 aromatic carbocycles. The zero-order chi connectivity index (χ0) is 11.5. The second kappa shape index (κ2) is 4.67. The van der Waals surface area contributed by atoms with Crippen LogP contribution in [-0.4, -0.2) is 27.6 Å². The Labute approximate surface area is 92.4 Å². The second-order valence-electron chi connectivity index (χ2n) is 2.71. The largest absolute Gasteiger partial charge is 0.493 e. The van der Waals surface area contributed by atoms with E-state index in [1.807, 2.05) is 0 Å². The summed E-state index contributed by atoms with van der Waals surface area (Å²) in [6.07, 6.45) is 1.39. The maximum Gasteiger partial charge on any atom is 0.238 e. The van der Waals surface area contributed by atoms with Gasteiger partial charge in [-0.05, 0) is 0 Å². The van der Waals surface area contributed by atoms with Gasteiger partial charge in [0.25, 0.3) is 0 Å². The minimum absolute atomic E-state index is 0.308. The van der Waals surface area contributed by atoms with E-state index in [1.165, 1.54) is 26.5 Å². The van der Waals surface area contributed by atoms with Crippen molar-refractivity contribution in [3.8, 4) is 11.5 Å². The Kier molecular flexibility index (Phi) is 3.76. The Hall–Kier alpha value is -1.01. The molecule has 5 nitrogen and oxygen atoms in total. The number of nitrogens with zero attached hydrogens (tertiary/aromatic N) is 1. The van der Waals surface area contributed by atoms with Crippen molar-refractivity contribution in [2.45, 2.75) is 5.75 Å². The average Bonchev–Trinajstić information content (AvgIpc) is 2.15. The van der Waals surface area contributed by atoms with Gasteiger partial charge in [-0.3, -0.25) is 4.98 Å². The standard InChI is InChI=1S/C8H10ClNO4S/c1-13-7-3-6(5-15(9,11)12)10-4-8(7)14-2/h3-4H,5H2,1-2H3. The van der Waals surface area contributed by atoms with Gasteiger partial charge in [0.1, 0.15) is 5.75 Å². The monoisotopic (exact) mass is 251 g/mol. The number of ether oxygens (including phenoxy) is 2. The first kappa shape index (κ1) is 12.1. The first-order valence-electron chi connectivity index (χ1n) is 3.95. The Balaban J connectivity index is 3.03. The van der Waals surface area contributed by atoms with Crippen LogP contribution >= 0.6 is 10.7 Å². The van der Waals surface area contributed by atoms with Crippen LogP contribution in [0.5, 0.6) is 11.5 Å². The third kappa shape index (κ3) is 3.56. The number of hydrogen-bond acceptors (Lipinski definition) is 5. The van der Waals surface area contributed by atoms with E-state index < -0.39 is 9.05 Å². The highest BCUT2D eigenvalue weighted by Crippen LogP contribution is 2.26. The molecule has 15 heavy (non-hydrogen) atoms. The first-order chi connectivity index (χ1) is 6.96. The Morgan fingerprint density at radius 3 is 2.40 bits per heavy atom. The molecule has 84 valence electrons. The lowest BCUT2D eigenvalue weighted by molar-refractivity contribution is 0.353. The van der Waals surface area contributed by atoms with E-state index in [0.29, 0.717) is 17.2 Å². The zero-order valence-corrected chi connectivity index (χ0v) is 9.80. The first-order valence-corrected chi connectivity index (χ1v) is 6.43. The van der Waals surface area contributed by atoms with Crippen molar-refractivity contribution in [1.29, 1.82) is 0 Å². The summed E-state index contributed by atoms with van der Waals surface area (Å²) in [7, 11) is 4.41. The summed E-state index contributed by atoms with van der Waals surface area (Å²) in [5.41, 5.74) is 0.308. The van der Waals surface area contributed by atoms with Crippen LogP contribution in [0.25, 0.3) is 0 Å². The topological polar surface area (TPSA) is 65.5 Å². The SMILES string of the molecule is COc1cnc(CS(=O)(=O)Cl)cc1OC. The molecule has 0 spiro atoms. The highest BCUT2D eigenvalue weighted by atomic mass is 35.7. The van der Waals surface area contributed by atoms with E-state index in [2.05, 4.69) is 4.98 Å². The van der Waals surface area contributed by atoms with Crippen LogP contribution in [0, 0.1) is 0 Å². The van der Waals surface area contributed by atoms with Crippen molar-refractivity contribution in [1.82, 2.24) is 4.98 Å². The predicted octanol–water partition coefficient (Wildman–Crippen LogP) is 1.17. The predicted molar refractivity (Wildman–Crippen MR) is 55.8 cm³/mol. The molecule has 0 unspecified atom stereocenters. The number of rotatable bonds is 4. The number of halogens is 1. The Bertz CT molecular complexity index is 446. The van der Waals surface area contributed by atoms with Crippen LogP contribution in [-0.2, 0) is 14.8 Å². The molecule has 0 aliphatic carbocycles. The fraction of sp³-hybridized carbons (Fsp3) is 0.375. The van der Waals surface area contributed by atoms with Crippen LogP contribution in [0.1, 0.15) is 5.69 Å². The van der Waals surface area contributed by atoms with Gasteiger partial charge in [0.15, 0.2) is 11.5 Å². The Morgan fingerprint density at radius 2 is 1.93 bits per heavy atom. The lowest BCUT2D eigenvalue weighted by atomic mass is 10.3. The number of pyridine rings is 1. The molecule has 0 saturated carbocycles. The van der Waals surface area contributed by atoms with Crippen molar-refractivity contribution in [2.75, 3.05) is 14.2 Å². The minimum Gasteiger partial charge on any atom is -0.493 e. The van der Waals surface area contributed by atoms with E-state index in [-0.39, 0.29) is 5.75 Å². The molecule has 0 aliphatic heterocycles. The van der Waals surface area contributed by atoms with Crippen molar-refractivity contribution in [2.24, 2.45) is 0 Å². The quantitative estimate of drug-likeness (QED) is 0.752. The van der Waals surface area contributed by atoms with Crippen molar-refractivity contribution < 1.29 is 17.9 Å². The molecule has 0 fully saturated rings. The molecule has 1 rings (SSSR count). The zero-order valence-electron chi connectivity index (χ0n) is 8.23. The number of methoxy groups -OCH3 is 2. The summed E-state index contributed by atoms with van der Waals surface area (Å²) in [6.45, 7) is 0. The molecule has 0 amide bonds. The molecule has 0 bridgehead atoms. The van der Waals surface area contributed by atoms with Crippen LogP contribution in [0.15, 0.2) is 12.3 Å². The van der Waals surface area contributed by atoms with Crippen LogP contribution < -0.4 is 9.47 Å². The lowest BCUT2D eigenvalue weighted by Gasteiger charge is -2.07. The molecule has 0 aliphatic rings. The van der Waals surface area contributed by atoms with Gasteiger partial charge in [-0.25, -0.2) is 8.42 Å². The molecule has 0 radical (unpaired) electrons. The average molecular weight is 252 g/mol. The summed E-state index contributed by atoms with van der Waals surface area (Å²) in [5, 5.41) is 0. The lowest BCUT2D eigenvalue weighted by Crippen LogP contribution is -2.00. The summed E-state index contributed by atoms with van der Waals surface area (Å²) >= 11 is 0. The molecule has 7 heteroatoms. The van der Waals surface area contributed by atoms with Crippen LogP contribution in [0.3, 0.4) is 0 Å². The minimum atomic E-state index is -3.61. The van der Waals surface area contributed by atoms with Crippen LogP contribution in [0.2, 0.25) is 0 Å². The van der Waals surface area contributed by atoms with Gasteiger partial charge in [0.05, 0.1) is 26.1 Å². The van der Waals surface area contributed by atoms with Gasteiger partial charge < -0.3 is 9.47 Å². The molecule has 1 heterocycles. The van der Waals surface area contributed by atoms with Crippen LogP contribution in [0.4, 0.5) is 0 Å². The maximum atomic E-state index is 10.8. The number of aromatic nitrogens is 1. The van der Waals surface area contributed by atoms with E-state index in [9.17, 15) is 8.42 Å². The fourth-order valence-corrected chi connectivity index (χ4v) is 1.88. The summed E-state index contributed by atoms with van der Waals surface area (Å²) < 4.78 is 31.6. The summed E-state index contributed by atoms with van der Waals surface area (Å²) in [4.78, 5) is 3.87. The summed E-state index contributed by atoms with van der Waals surface area (Å²) in [6, 6.07) is 1.47. The van der Waals surface area contributed by atoms with E-state index in [0.717, 1.165) is 0 Å². The second-order valence-corrected chi connectivity index (χ2v) is 5.49. The maximum absolute atomic E-state index is 10.8. The third-order valence-electron chi connectivity index (χ3n) is 1.65. The van der Waals surface area contributed by atoms with Gasteiger partial charge in [-0.1, -0.05) is 0 Å². The molecule has 1 aromatic heterocycles. The van der Waals surface area contributed by atoms with Crippen molar-refractivity contribution in [3.05, 3.63) is 18.0 Å². The molecule has 0 saturated heterocycles. The molecule has 0 atom stereocenters. The molecular weight excluding hydrogens is 242 g/mol. The van der Waals surface area contributed by atoms with Gasteiger partial charge in [0, 0.05) is 16.7 Å².